The Kier molecular flexibility index (Phi) is 4.01. The minimum atomic E-state index is -3.52. The fourth-order valence-electron chi connectivity index (χ4n) is 3.34. The second-order valence-corrected chi connectivity index (χ2v) is 7.84. The number of sulfonamides is 1. The molecule has 0 aliphatic carbocycles. The van der Waals surface area contributed by atoms with E-state index in [0.29, 0.717) is 10.9 Å². The molecular weight excluding hydrogens is 298 g/mol. The summed E-state index contributed by atoms with van der Waals surface area (Å²) in [5.74, 6) is 0. The number of rotatable bonds is 3. The average molecular weight is 321 g/mol. The van der Waals surface area contributed by atoms with Crippen molar-refractivity contribution in [2.75, 3.05) is 6.54 Å². The summed E-state index contributed by atoms with van der Waals surface area (Å²) in [6, 6.07) is 7.98. The second kappa shape index (κ2) is 5.68. The van der Waals surface area contributed by atoms with Crippen LogP contribution in [0.4, 0.5) is 0 Å². The summed E-state index contributed by atoms with van der Waals surface area (Å²) in [7, 11) is -1.61. The van der Waals surface area contributed by atoms with E-state index in [1.807, 2.05) is 42.8 Å². The maximum atomic E-state index is 12.9. The molecule has 1 aliphatic heterocycles. The predicted molar refractivity (Wildman–Crippen MR) is 88.5 cm³/mol. The quantitative estimate of drug-likeness (QED) is 0.908. The highest BCUT2D eigenvalue weighted by atomic mass is 32.2. The van der Waals surface area contributed by atoms with Crippen molar-refractivity contribution in [1.82, 2.24) is 14.6 Å². The lowest BCUT2D eigenvalue weighted by atomic mass is 10.0. The van der Waals surface area contributed by atoms with E-state index >= 15 is 0 Å². The van der Waals surface area contributed by atoms with Gasteiger partial charge in [-0.15, -0.1) is 0 Å². The van der Waals surface area contributed by atoms with Crippen molar-refractivity contribution in [3.8, 4) is 0 Å². The summed E-state index contributed by atoms with van der Waals surface area (Å²) in [5.41, 5.74) is 1.72. The molecule has 2 unspecified atom stereocenters. The van der Waals surface area contributed by atoms with Crippen LogP contribution in [0, 0.1) is 6.92 Å². The Morgan fingerprint density at radius 3 is 2.77 bits per heavy atom. The standard InChI is InChI=1S/C16H23N3O2S/c1-11-10-13(8-9-17-11)18-22(20,21)16-12(2)19(3)15-7-5-4-6-14(15)16/h4-7,11,13,17-18H,8-10H2,1-3H3. The smallest absolute Gasteiger partial charge is 0.243 e. The molecule has 5 nitrogen and oxygen atoms in total. The highest BCUT2D eigenvalue weighted by molar-refractivity contribution is 7.89. The molecule has 0 spiro atoms. The maximum Gasteiger partial charge on any atom is 0.243 e. The summed E-state index contributed by atoms with van der Waals surface area (Å²) in [4.78, 5) is 0.414. The number of piperidine rings is 1. The van der Waals surface area contributed by atoms with Crippen molar-refractivity contribution < 1.29 is 8.42 Å². The number of aromatic nitrogens is 1. The molecule has 6 heteroatoms. The molecule has 1 aliphatic rings. The van der Waals surface area contributed by atoms with Gasteiger partial charge in [0.2, 0.25) is 10.0 Å². The van der Waals surface area contributed by atoms with E-state index in [0.717, 1.165) is 36.0 Å². The second-order valence-electron chi connectivity index (χ2n) is 6.19. The van der Waals surface area contributed by atoms with Crippen molar-refractivity contribution in [2.24, 2.45) is 7.05 Å². The molecule has 2 heterocycles. The van der Waals surface area contributed by atoms with Crippen molar-refractivity contribution in [3.05, 3.63) is 30.0 Å². The van der Waals surface area contributed by atoms with Gasteiger partial charge in [-0.1, -0.05) is 18.2 Å². The van der Waals surface area contributed by atoms with Crippen LogP contribution in [0.2, 0.25) is 0 Å². The van der Waals surface area contributed by atoms with E-state index in [9.17, 15) is 8.42 Å². The Bertz CT molecular complexity index is 795. The van der Waals surface area contributed by atoms with E-state index in [2.05, 4.69) is 17.0 Å². The van der Waals surface area contributed by atoms with E-state index < -0.39 is 10.0 Å². The zero-order valence-electron chi connectivity index (χ0n) is 13.3. The first-order valence-electron chi connectivity index (χ1n) is 7.70. The van der Waals surface area contributed by atoms with Gasteiger partial charge >= 0.3 is 0 Å². The van der Waals surface area contributed by atoms with E-state index in [-0.39, 0.29) is 6.04 Å². The number of aryl methyl sites for hydroxylation is 1. The summed E-state index contributed by atoms with van der Waals surface area (Å²) < 4.78 is 30.7. The molecule has 1 saturated heterocycles. The molecule has 1 aromatic carbocycles. The van der Waals surface area contributed by atoms with Gasteiger partial charge in [-0.3, -0.25) is 0 Å². The number of fused-ring (bicyclic) bond motifs is 1. The highest BCUT2D eigenvalue weighted by Crippen LogP contribution is 2.29. The zero-order valence-corrected chi connectivity index (χ0v) is 14.1. The van der Waals surface area contributed by atoms with Crippen LogP contribution in [0.1, 0.15) is 25.5 Å². The minimum Gasteiger partial charge on any atom is -0.347 e. The molecule has 3 rings (SSSR count). The van der Waals surface area contributed by atoms with Crippen LogP contribution in [0.5, 0.6) is 0 Å². The first-order chi connectivity index (χ1) is 10.4. The number of hydrogen-bond donors (Lipinski definition) is 2. The number of benzene rings is 1. The molecular formula is C16H23N3O2S. The third-order valence-corrected chi connectivity index (χ3v) is 6.25. The number of para-hydroxylation sites is 1. The lowest BCUT2D eigenvalue weighted by Crippen LogP contribution is -2.46. The van der Waals surface area contributed by atoms with E-state index in [1.54, 1.807) is 0 Å². The summed E-state index contributed by atoms with van der Waals surface area (Å²) >= 11 is 0. The number of nitrogens with one attached hydrogen (secondary N) is 2. The molecule has 1 fully saturated rings. The molecule has 0 amide bonds. The van der Waals surface area contributed by atoms with Gasteiger partial charge in [-0.2, -0.15) is 0 Å². The average Bonchev–Trinajstić information content (AvgIpc) is 2.71. The Morgan fingerprint density at radius 2 is 2.05 bits per heavy atom. The number of hydrogen-bond acceptors (Lipinski definition) is 3. The van der Waals surface area contributed by atoms with Gasteiger partial charge in [0.05, 0.1) is 0 Å². The highest BCUT2D eigenvalue weighted by Gasteiger charge is 2.28. The molecule has 2 N–H and O–H groups in total. The molecule has 0 radical (unpaired) electrons. The monoisotopic (exact) mass is 321 g/mol. The van der Waals surface area contributed by atoms with Gasteiger partial charge < -0.3 is 9.88 Å². The molecule has 0 bridgehead atoms. The first kappa shape index (κ1) is 15.5. The van der Waals surface area contributed by atoms with Crippen LogP contribution < -0.4 is 10.0 Å². The van der Waals surface area contributed by atoms with Crippen molar-refractivity contribution in [1.29, 1.82) is 0 Å². The predicted octanol–water partition coefficient (Wildman–Crippen LogP) is 1.91. The normalized spacial score (nSPS) is 23.0. The van der Waals surface area contributed by atoms with Crippen LogP contribution in [0.15, 0.2) is 29.2 Å². The lowest BCUT2D eigenvalue weighted by molar-refractivity contribution is 0.361. The van der Waals surface area contributed by atoms with Crippen molar-refractivity contribution in [2.45, 2.75) is 43.7 Å². The van der Waals surface area contributed by atoms with Gasteiger partial charge in [0.15, 0.2) is 0 Å². The third-order valence-electron chi connectivity index (χ3n) is 4.56. The van der Waals surface area contributed by atoms with Crippen LogP contribution >= 0.6 is 0 Å². The fourth-order valence-corrected chi connectivity index (χ4v) is 5.10. The Labute approximate surface area is 131 Å². The molecule has 22 heavy (non-hydrogen) atoms. The van der Waals surface area contributed by atoms with Crippen molar-refractivity contribution in [3.63, 3.8) is 0 Å². The van der Waals surface area contributed by atoms with Gasteiger partial charge in [0, 0.05) is 35.7 Å². The van der Waals surface area contributed by atoms with Crippen molar-refractivity contribution >= 4 is 20.9 Å². The molecule has 1 aromatic heterocycles. The fraction of sp³-hybridized carbons (Fsp3) is 0.500. The first-order valence-corrected chi connectivity index (χ1v) is 9.18. The lowest BCUT2D eigenvalue weighted by Gasteiger charge is -2.28. The topological polar surface area (TPSA) is 63.1 Å². The van der Waals surface area contributed by atoms with E-state index in [4.69, 9.17) is 0 Å². The van der Waals surface area contributed by atoms with Gasteiger partial charge in [0.25, 0.3) is 0 Å². The Morgan fingerprint density at radius 1 is 1.32 bits per heavy atom. The summed E-state index contributed by atoms with van der Waals surface area (Å²) in [5, 5.41) is 4.13. The molecule has 2 atom stereocenters. The van der Waals surface area contributed by atoms with Gasteiger partial charge in [-0.25, -0.2) is 13.1 Å². The third kappa shape index (κ3) is 2.66. The molecule has 2 aromatic rings. The molecule has 120 valence electrons. The van der Waals surface area contributed by atoms with E-state index in [1.165, 1.54) is 0 Å². The van der Waals surface area contributed by atoms with Crippen LogP contribution in [0.3, 0.4) is 0 Å². The Hall–Kier alpha value is -1.37. The van der Waals surface area contributed by atoms with Crippen LogP contribution in [0.25, 0.3) is 10.9 Å². The minimum absolute atomic E-state index is 0.000353. The molecule has 0 saturated carbocycles. The summed E-state index contributed by atoms with van der Waals surface area (Å²) in [6.45, 7) is 4.80. The van der Waals surface area contributed by atoms with Crippen LogP contribution in [-0.4, -0.2) is 31.6 Å². The van der Waals surface area contributed by atoms with Gasteiger partial charge in [0.1, 0.15) is 4.90 Å². The number of nitrogens with zero attached hydrogens (tertiary/aromatic N) is 1. The SMILES string of the molecule is Cc1c(S(=O)(=O)NC2CCNC(C)C2)c2ccccc2n1C. The largest absolute Gasteiger partial charge is 0.347 e. The zero-order chi connectivity index (χ0) is 15.9. The van der Waals surface area contributed by atoms with Gasteiger partial charge in [-0.05, 0) is 39.3 Å². The Balaban J connectivity index is 2.01. The summed E-state index contributed by atoms with van der Waals surface area (Å²) in [6.07, 6.45) is 1.65. The maximum absolute atomic E-state index is 12.9. The van der Waals surface area contributed by atoms with Crippen LogP contribution in [-0.2, 0) is 17.1 Å².